The summed E-state index contributed by atoms with van der Waals surface area (Å²) in [6, 6.07) is 21.7. The van der Waals surface area contributed by atoms with Gasteiger partial charge in [0.05, 0.1) is 19.3 Å². The Hall–Kier alpha value is -1.54. The van der Waals surface area contributed by atoms with E-state index in [0.717, 1.165) is 39.0 Å². The molecule has 37 heavy (non-hydrogen) atoms. The van der Waals surface area contributed by atoms with E-state index in [-0.39, 0.29) is 24.0 Å². The summed E-state index contributed by atoms with van der Waals surface area (Å²) in [4.78, 5) is 2.58. The fourth-order valence-corrected chi connectivity index (χ4v) is 5.29. The Morgan fingerprint density at radius 3 is 1.89 bits per heavy atom. The summed E-state index contributed by atoms with van der Waals surface area (Å²) >= 11 is 0. The van der Waals surface area contributed by atoms with Gasteiger partial charge in [-0.05, 0) is 48.5 Å². The minimum atomic E-state index is -1.77. The molecule has 0 aliphatic rings. The lowest BCUT2D eigenvalue weighted by Gasteiger charge is -2.38. The van der Waals surface area contributed by atoms with Gasteiger partial charge < -0.3 is 18.6 Å². The highest BCUT2D eigenvalue weighted by Gasteiger charge is 2.37. The molecule has 0 amide bonds. The van der Waals surface area contributed by atoms with Crippen molar-refractivity contribution in [1.82, 2.24) is 4.90 Å². The molecular weight excluding hydrogens is 478 g/mol. The summed E-state index contributed by atoms with van der Waals surface area (Å²) < 4.78 is 23.7. The molecule has 0 bridgehead atoms. The fraction of sp³-hybridized carbons (Fsp3) is 0.613. The van der Waals surface area contributed by atoms with Crippen LogP contribution in [-0.4, -0.2) is 59.1 Å². The van der Waals surface area contributed by atoms with E-state index in [1.165, 1.54) is 11.1 Å². The lowest BCUT2D eigenvalue weighted by molar-refractivity contribution is -0.123. The third-order valence-electron chi connectivity index (χ3n) is 7.47. The number of nitrogens with zero attached hydrogens (tertiary/aromatic N) is 1. The quantitative estimate of drug-likeness (QED) is 0.115. The van der Waals surface area contributed by atoms with Gasteiger partial charge in [-0.2, -0.15) is 0 Å². The maximum atomic E-state index is 6.54. The van der Waals surface area contributed by atoms with Crippen LogP contribution in [0.2, 0.25) is 18.1 Å². The van der Waals surface area contributed by atoms with E-state index in [0.29, 0.717) is 13.2 Å². The van der Waals surface area contributed by atoms with Gasteiger partial charge in [0.15, 0.2) is 8.32 Å². The van der Waals surface area contributed by atoms with Crippen molar-refractivity contribution in [2.75, 3.05) is 33.7 Å². The van der Waals surface area contributed by atoms with E-state index in [1.807, 2.05) is 0 Å². The Balaban J connectivity index is 2.21. The van der Waals surface area contributed by atoms with Gasteiger partial charge in [0.2, 0.25) is 0 Å². The molecule has 5 nitrogen and oxygen atoms in total. The molecule has 0 aromatic heterocycles. The third-order valence-corrected chi connectivity index (χ3v) is 12.0. The largest absolute Gasteiger partial charge is 0.417 e. The van der Waals surface area contributed by atoms with Crippen molar-refractivity contribution >= 4 is 8.32 Å². The molecule has 0 heterocycles. The highest BCUT2D eigenvalue weighted by Crippen LogP contribution is 2.36. The first-order valence-corrected chi connectivity index (χ1v) is 16.7. The van der Waals surface area contributed by atoms with Gasteiger partial charge in [-0.3, -0.25) is 4.90 Å². The summed E-state index contributed by atoms with van der Waals surface area (Å²) in [6.45, 7) is 17.7. The van der Waals surface area contributed by atoms with Crippen molar-refractivity contribution in [1.29, 1.82) is 0 Å². The van der Waals surface area contributed by atoms with Crippen LogP contribution in [0.4, 0.5) is 0 Å². The number of ether oxygens (including phenoxy) is 3. The van der Waals surface area contributed by atoms with Gasteiger partial charge in [0.25, 0.3) is 0 Å². The van der Waals surface area contributed by atoms with Crippen molar-refractivity contribution in [3.63, 3.8) is 0 Å². The monoisotopic (exact) mass is 529 g/mol. The zero-order chi connectivity index (χ0) is 27.2. The van der Waals surface area contributed by atoms with E-state index in [9.17, 15) is 0 Å². The van der Waals surface area contributed by atoms with Crippen molar-refractivity contribution in [3.05, 3.63) is 71.8 Å². The van der Waals surface area contributed by atoms with Crippen LogP contribution >= 0.6 is 0 Å². The Kier molecular flexibility index (Phi) is 14.1. The van der Waals surface area contributed by atoms with Crippen LogP contribution in [0.25, 0.3) is 0 Å². The standard InChI is InChI=1S/C31H51NO4Si/c1-8-30(35-26-34-23-22-33-5)29(20-15-21-36-37(6,7)31(2,3)4)32(24-27-16-11-9-12-17-27)25-28-18-13-10-14-19-28/h9-14,16-19,29-30H,8,15,20-26H2,1-7H3/t29-,30-/m0/s1. The zero-order valence-corrected chi connectivity index (χ0v) is 25.4. The van der Waals surface area contributed by atoms with Gasteiger partial charge in [0.1, 0.15) is 6.79 Å². The summed E-state index contributed by atoms with van der Waals surface area (Å²) in [5.41, 5.74) is 2.62. The molecule has 2 rings (SSSR count). The van der Waals surface area contributed by atoms with Crippen molar-refractivity contribution in [2.45, 2.75) is 90.3 Å². The minimum absolute atomic E-state index is 0.0582. The van der Waals surface area contributed by atoms with E-state index < -0.39 is 8.32 Å². The topological polar surface area (TPSA) is 40.2 Å². The van der Waals surface area contributed by atoms with Gasteiger partial charge in [-0.1, -0.05) is 88.4 Å². The summed E-state index contributed by atoms with van der Waals surface area (Å²) in [5.74, 6) is 0. The second kappa shape index (κ2) is 16.4. The van der Waals surface area contributed by atoms with Crippen molar-refractivity contribution in [3.8, 4) is 0 Å². The number of hydrogen-bond donors (Lipinski definition) is 0. The Bertz CT molecular complexity index is 800. The maximum Gasteiger partial charge on any atom is 0.191 e. The Morgan fingerprint density at radius 1 is 0.838 bits per heavy atom. The number of hydrogen-bond acceptors (Lipinski definition) is 5. The predicted molar refractivity (Wildman–Crippen MR) is 156 cm³/mol. The zero-order valence-electron chi connectivity index (χ0n) is 24.4. The molecule has 0 fully saturated rings. The minimum Gasteiger partial charge on any atom is -0.417 e. The number of methoxy groups -OCH3 is 1. The fourth-order valence-electron chi connectivity index (χ4n) is 4.20. The molecule has 0 N–H and O–H groups in total. The number of rotatable bonds is 18. The third kappa shape index (κ3) is 11.4. The normalized spacial score (nSPS) is 14.2. The highest BCUT2D eigenvalue weighted by molar-refractivity contribution is 6.74. The number of benzene rings is 2. The van der Waals surface area contributed by atoms with Crippen molar-refractivity contribution < 1.29 is 18.6 Å². The van der Waals surface area contributed by atoms with Crippen LogP contribution in [0.1, 0.15) is 58.1 Å². The summed E-state index contributed by atoms with van der Waals surface area (Å²) in [7, 11) is -0.0855. The van der Waals surface area contributed by atoms with Crippen LogP contribution in [-0.2, 0) is 31.7 Å². The molecule has 0 aliphatic heterocycles. The first-order chi connectivity index (χ1) is 17.7. The Labute approximate surface area is 227 Å². The average molecular weight is 530 g/mol. The molecule has 0 radical (unpaired) electrons. The molecule has 2 aromatic carbocycles. The van der Waals surface area contributed by atoms with Crippen LogP contribution in [0.15, 0.2) is 60.7 Å². The molecular formula is C31H51NO4Si. The summed E-state index contributed by atoms with van der Waals surface area (Å²) in [5, 5.41) is 0.216. The smallest absolute Gasteiger partial charge is 0.191 e. The first-order valence-electron chi connectivity index (χ1n) is 13.8. The summed E-state index contributed by atoms with van der Waals surface area (Å²) in [6.07, 6.45) is 2.98. The molecule has 0 unspecified atom stereocenters. The van der Waals surface area contributed by atoms with Gasteiger partial charge in [-0.25, -0.2) is 0 Å². The van der Waals surface area contributed by atoms with Gasteiger partial charge in [-0.15, -0.1) is 0 Å². The predicted octanol–water partition coefficient (Wildman–Crippen LogP) is 7.28. The van der Waals surface area contributed by atoms with Crippen molar-refractivity contribution in [2.24, 2.45) is 0 Å². The molecule has 0 saturated heterocycles. The molecule has 2 atom stereocenters. The van der Waals surface area contributed by atoms with Gasteiger partial charge in [0, 0.05) is 32.8 Å². The van der Waals surface area contributed by atoms with E-state index in [4.69, 9.17) is 18.6 Å². The van der Waals surface area contributed by atoms with Gasteiger partial charge >= 0.3 is 0 Å². The second-order valence-electron chi connectivity index (χ2n) is 11.3. The molecule has 0 spiro atoms. The van der Waals surface area contributed by atoms with Crippen LogP contribution in [0.3, 0.4) is 0 Å². The molecule has 0 aliphatic carbocycles. The molecule has 0 saturated carbocycles. The lowest BCUT2D eigenvalue weighted by Crippen LogP contribution is -2.45. The highest BCUT2D eigenvalue weighted by atomic mass is 28.4. The van der Waals surface area contributed by atoms with Crippen LogP contribution in [0.5, 0.6) is 0 Å². The lowest BCUT2D eigenvalue weighted by atomic mass is 9.99. The van der Waals surface area contributed by atoms with E-state index in [2.05, 4.69) is 106 Å². The van der Waals surface area contributed by atoms with E-state index in [1.54, 1.807) is 7.11 Å². The first kappa shape index (κ1) is 31.7. The SMILES string of the molecule is CC[C@H](OCOCCOC)[C@H](CCCO[Si](C)(C)C(C)(C)C)N(Cc1ccccc1)Cc1ccccc1. The average Bonchev–Trinajstić information content (AvgIpc) is 2.87. The van der Waals surface area contributed by atoms with Crippen LogP contribution < -0.4 is 0 Å². The maximum absolute atomic E-state index is 6.54. The van der Waals surface area contributed by atoms with Crippen LogP contribution in [0, 0.1) is 0 Å². The second-order valence-corrected chi connectivity index (χ2v) is 16.1. The molecule has 208 valence electrons. The molecule has 6 heteroatoms. The molecule has 2 aromatic rings. The Morgan fingerprint density at radius 2 is 1.41 bits per heavy atom. The van der Waals surface area contributed by atoms with E-state index >= 15 is 0 Å².